The molecule has 1 aliphatic carbocycles. The van der Waals surface area contributed by atoms with Gasteiger partial charge in [0.15, 0.2) is 5.13 Å². The van der Waals surface area contributed by atoms with Crippen LogP contribution in [-0.4, -0.2) is 40.2 Å². The number of hydrogen-bond acceptors (Lipinski definition) is 5. The van der Waals surface area contributed by atoms with Crippen LogP contribution in [-0.2, 0) is 9.59 Å². The van der Waals surface area contributed by atoms with Crippen LogP contribution in [0.15, 0.2) is 29.6 Å². The molecule has 2 N–H and O–H groups in total. The molecule has 32 heavy (non-hydrogen) atoms. The summed E-state index contributed by atoms with van der Waals surface area (Å²) in [4.78, 5) is 31.8. The predicted molar refractivity (Wildman–Crippen MR) is 126 cm³/mol. The number of thiazole rings is 1. The molecule has 1 aromatic heterocycles. The second kappa shape index (κ2) is 10.3. The minimum Gasteiger partial charge on any atom is -0.481 e. The zero-order chi connectivity index (χ0) is 22.7. The van der Waals surface area contributed by atoms with E-state index in [9.17, 15) is 19.8 Å². The van der Waals surface area contributed by atoms with Gasteiger partial charge in [-0.25, -0.2) is 4.98 Å². The number of aliphatic hydroxyl groups is 1. The third kappa shape index (κ3) is 5.00. The maximum absolute atomic E-state index is 13.8. The first-order valence-electron chi connectivity index (χ1n) is 11.3. The van der Waals surface area contributed by atoms with Gasteiger partial charge in [-0.15, -0.1) is 11.3 Å². The third-order valence-corrected chi connectivity index (χ3v) is 8.17. The minimum atomic E-state index is -0.943. The maximum Gasteiger partial charge on any atom is 0.304 e. The van der Waals surface area contributed by atoms with Crippen molar-refractivity contribution in [1.82, 2.24) is 4.98 Å². The number of rotatable bonds is 6. The maximum atomic E-state index is 13.8. The van der Waals surface area contributed by atoms with E-state index >= 15 is 0 Å². The SMILES string of the molecule is O=C(O)CC1C(=O)N(c2nc(-c3ccccc3Cl)cs2)CC(CO)CCC1C1CCCC1. The molecule has 0 spiro atoms. The van der Waals surface area contributed by atoms with Crippen molar-refractivity contribution >= 4 is 39.9 Å². The number of carbonyl (C=O) groups is 2. The molecule has 3 unspecified atom stereocenters. The van der Waals surface area contributed by atoms with Crippen LogP contribution in [0.2, 0.25) is 5.02 Å². The van der Waals surface area contributed by atoms with Gasteiger partial charge in [0.05, 0.1) is 18.0 Å². The summed E-state index contributed by atoms with van der Waals surface area (Å²) < 4.78 is 0. The normalized spacial score (nSPS) is 25.0. The van der Waals surface area contributed by atoms with Gasteiger partial charge in [-0.05, 0) is 30.7 Å². The molecular formula is C24H29ClN2O4S. The number of anilines is 1. The van der Waals surface area contributed by atoms with Crippen molar-refractivity contribution in [3.05, 3.63) is 34.7 Å². The Morgan fingerprint density at radius 3 is 2.62 bits per heavy atom. The molecule has 0 radical (unpaired) electrons. The average molecular weight is 477 g/mol. The first kappa shape index (κ1) is 23.2. The van der Waals surface area contributed by atoms with Gasteiger partial charge in [0.25, 0.3) is 0 Å². The standard InChI is InChI=1S/C24H29ClN2O4S/c25-20-8-4-3-7-18(20)21-14-32-24(26-21)27-12-15(13-28)9-10-17(16-5-1-2-6-16)19(23(27)31)11-22(29)30/h3-4,7-8,14-17,19,28H,1-2,5-6,9-13H2,(H,29,30). The molecule has 1 amide bonds. The molecule has 1 aliphatic heterocycles. The highest BCUT2D eigenvalue weighted by molar-refractivity contribution is 7.14. The highest BCUT2D eigenvalue weighted by Gasteiger charge is 2.41. The Kier molecular flexibility index (Phi) is 7.48. The topological polar surface area (TPSA) is 90.7 Å². The average Bonchev–Trinajstić information content (AvgIpc) is 3.46. The Morgan fingerprint density at radius 2 is 1.94 bits per heavy atom. The molecule has 8 heteroatoms. The van der Waals surface area contributed by atoms with Crippen molar-refractivity contribution in [3.63, 3.8) is 0 Å². The second-order valence-corrected chi connectivity index (χ2v) is 10.2. The summed E-state index contributed by atoms with van der Waals surface area (Å²) in [5, 5.41) is 22.6. The molecule has 4 rings (SSSR count). The Morgan fingerprint density at radius 1 is 1.19 bits per heavy atom. The van der Waals surface area contributed by atoms with Crippen molar-refractivity contribution in [2.75, 3.05) is 18.1 Å². The summed E-state index contributed by atoms with van der Waals surface area (Å²) in [5.74, 6) is -1.34. The molecule has 2 fully saturated rings. The monoisotopic (exact) mass is 476 g/mol. The molecule has 1 saturated carbocycles. The molecule has 0 bridgehead atoms. The highest BCUT2D eigenvalue weighted by Crippen LogP contribution is 2.43. The summed E-state index contributed by atoms with van der Waals surface area (Å²) in [6.07, 6.45) is 5.77. The molecule has 1 saturated heterocycles. The molecule has 2 heterocycles. The number of carboxylic acid groups (broad SMARTS) is 1. The minimum absolute atomic E-state index is 0.00644. The number of aliphatic carboxylic acids is 1. The lowest BCUT2D eigenvalue weighted by molar-refractivity contribution is -0.142. The van der Waals surface area contributed by atoms with E-state index in [2.05, 4.69) is 0 Å². The molecule has 3 atom stereocenters. The molecule has 6 nitrogen and oxygen atoms in total. The van der Waals surface area contributed by atoms with Crippen LogP contribution in [0.25, 0.3) is 11.3 Å². The van der Waals surface area contributed by atoms with Gasteiger partial charge in [0.1, 0.15) is 0 Å². The smallest absolute Gasteiger partial charge is 0.304 e. The quantitative estimate of drug-likeness (QED) is 0.605. The number of benzene rings is 1. The molecule has 2 aliphatic rings. The number of halogens is 1. The lowest BCUT2D eigenvalue weighted by Crippen LogP contribution is -2.46. The van der Waals surface area contributed by atoms with Crippen LogP contribution in [0.4, 0.5) is 5.13 Å². The lowest BCUT2D eigenvalue weighted by atomic mass is 9.73. The number of aromatic nitrogens is 1. The first-order chi connectivity index (χ1) is 15.5. The van der Waals surface area contributed by atoms with Gasteiger partial charge in [-0.1, -0.05) is 55.5 Å². The molecule has 172 valence electrons. The molecule has 1 aromatic carbocycles. The largest absolute Gasteiger partial charge is 0.481 e. The fraction of sp³-hybridized carbons (Fsp3) is 0.542. The number of hydrogen-bond donors (Lipinski definition) is 2. The van der Waals surface area contributed by atoms with Crippen LogP contribution in [0.1, 0.15) is 44.9 Å². The van der Waals surface area contributed by atoms with Crippen LogP contribution in [0.5, 0.6) is 0 Å². The zero-order valence-electron chi connectivity index (χ0n) is 18.0. The Balaban J connectivity index is 1.68. The summed E-state index contributed by atoms with van der Waals surface area (Å²) in [6.45, 7) is 0.339. The van der Waals surface area contributed by atoms with Crippen molar-refractivity contribution < 1.29 is 19.8 Å². The van der Waals surface area contributed by atoms with E-state index in [1.165, 1.54) is 11.3 Å². The highest BCUT2D eigenvalue weighted by atomic mass is 35.5. The summed E-state index contributed by atoms with van der Waals surface area (Å²) in [6, 6.07) is 7.43. The van der Waals surface area contributed by atoms with Gasteiger partial charge < -0.3 is 10.2 Å². The zero-order valence-corrected chi connectivity index (χ0v) is 19.5. The van der Waals surface area contributed by atoms with Gasteiger partial charge in [0.2, 0.25) is 5.91 Å². The van der Waals surface area contributed by atoms with Gasteiger partial charge in [0, 0.05) is 35.0 Å². The second-order valence-electron chi connectivity index (χ2n) is 8.98. The summed E-state index contributed by atoms with van der Waals surface area (Å²) >= 11 is 7.69. The van der Waals surface area contributed by atoms with Gasteiger partial charge >= 0.3 is 5.97 Å². The van der Waals surface area contributed by atoms with E-state index in [0.29, 0.717) is 28.3 Å². The van der Waals surface area contributed by atoms with Gasteiger partial charge in [-0.3, -0.25) is 14.5 Å². The van der Waals surface area contributed by atoms with E-state index < -0.39 is 11.9 Å². The Bertz CT molecular complexity index is 959. The van der Waals surface area contributed by atoms with Crippen molar-refractivity contribution in [2.45, 2.75) is 44.9 Å². The lowest BCUT2D eigenvalue weighted by Gasteiger charge is -2.38. The van der Waals surface area contributed by atoms with Crippen LogP contribution >= 0.6 is 22.9 Å². The van der Waals surface area contributed by atoms with Crippen LogP contribution < -0.4 is 4.90 Å². The number of aliphatic hydroxyl groups excluding tert-OH is 1. The number of carboxylic acids is 1. The fourth-order valence-electron chi connectivity index (χ4n) is 5.33. The van der Waals surface area contributed by atoms with Crippen molar-refractivity contribution in [2.24, 2.45) is 23.7 Å². The summed E-state index contributed by atoms with van der Waals surface area (Å²) in [5.41, 5.74) is 1.48. The van der Waals surface area contributed by atoms with Crippen molar-refractivity contribution in [3.8, 4) is 11.3 Å². The van der Waals surface area contributed by atoms with E-state index in [1.54, 1.807) is 11.0 Å². The van der Waals surface area contributed by atoms with Gasteiger partial charge in [-0.2, -0.15) is 0 Å². The molecular weight excluding hydrogens is 448 g/mol. The van der Waals surface area contributed by atoms with E-state index in [-0.39, 0.29) is 30.8 Å². The van der Waals surface area contributed by atoms with Crippen LogP contribution in [0.3, 0.4) is 0 Å². The van der Waals surface area contributed by atoms with Crippen molar-refractivity contribution in [1.29, 1.82) is 0 Å². The fourth-order valence-corrected chi connectivity index (χ4v) is 6.40. The Hall–Kier alpha value is -1.96. The number of nitrogens with zero attached hydrogens (tertiary/aromatic N) is 2. The third-order valence-electron chi connectivity index (χ3n) is 6.98. The number of carbonyl (C=O) groups excluding carboxylic acids is 1. The van der Waals surface area contributed by atoms with E-state index in [4.69, 9.17) is 16.6 Å². The summed E-state index contributed by atoms with van der Waals surface area (Å²) in [7, 11) is 0. The van der Waals surface area contributed by atoms with E-state index in [0.717, 1.165) is 44.1 Å². The predicted octanol–water partition coefficient (Wildman–Crippen LogP) is 5.10. The van der Waals surface area contributed by atoms with E-state index in [1.807, 2.05) is 23.6 Å². The Labute approximate surface area is 197 Å². The number of amides is 1. The first-order valence-corrected chi connectivity index (χ1v) is 12.6. The van der Waals surface area contributed by atoms with Crippen LogP contribution in [0, 0.1) is 23.7 Å². The molecule has 2 aromatic rings.